The topological polar surface area (TPSA) is 98.0 Å². The van der Waals surface area contributed by atoms with Gasteiger partial charge in [-0.1, -0.05) is 48.6 Å². The number of rotatable bonds is 14. The van der Waals surface area contributed by atoms with Crippen molar-refractivity contribution in [1.29, 1.82) is 0 Å². The first kappa shape index (κ1) is 30.0. The highest BCUT2D eigenvalue weighted by molar-refractivity contribution is 5.94. The average molecular weight is 576 g/mol. The SMILES string of the molecule is CC(C(=O)O)n1cc(CCCC(=O)O)c2cccc(/C=C/c3ccc(OC/C=C/COc4cccc(F)c4F)cc3)c21. The fraction of sp³-hybridized carbons (Fsp3) is 0.212. The molecule has 0 aliphatic rings. The molecule has 4 aromatic rings. The summed E-state index contributed by atoms with van der Waals surface area (Å²) in [5, 5.41) is 19.6. The summed E-state index contributed by atoms with van der Waals surface area (Å²) >= 11 is 0. The van der Waals surface area contributed by atoms with Crippen LogP contribution in [0.3, 0.4) is 0 Å². The number of benzene rings is 3. The molecule has 0 amide bonds. The van der Waals surface area contributed by atoms with Crippen molar-refractivity contribution >= 4 is 35.0 Å². The molecule has 0 saturated carbocycles. The zero-order valence-electron chi connectivity index (χ0n) is 23.0. The van der Waals surface area contributed by atoms with E-state index in [2.05, 4.69) is 0 Å². The van der Waals surface area contributed by atoms with Gasteiger partial charge in [-0.15, -0.1) is 0 Å². The van der Waals surface area contributed by atoms with Gasteiger partial charge >= 0.3 is 11.9 Å². The molecule has 3 aromatic carbocycles. The predicted octanol–water partition coefficient (Wildman–Crippen LogP) is 7.16. The van der Waals surface area contributed by atoms with Crippen molar-refractivity contribution in [3.8, 4) is 11.5 Å². The van der Waals surface area contributed by atoms with E-state index in [0.29, 0.717) is 18.6 Å². The fourth-order valence-corrected chi connectivity index (χ4v) is 4.47. The van der Waals surface area contributed by atoms with E-state index in [9.17, 15) is 23.5 Å². The van der Waals surface area contributed by atoms with Gasteiger partial charge in [-0.25, -0.2) is 9.18 Å². The minimum absolute atomic E-state index is 0.0446. The molecule has 0 spiro atoms. The number of nitrogens with zero attached hydrogens (tertiary/aromatic N) is 1. The van der Waals surface area contributed by atoms with Gasteiger partial charge in [0.05, 0.1) is 5.52 Å². The molecule has 0 aliphatic carbocycles. The normalized spacial score (nSPS) is 12.3. The Morgan fingerprint density at radius 2 is 1.64 bits per heavy atom. The third-order valence-electron chi connectivity index (χ3n) is 6.68. The van der Waals surface area contributed by atoms with Crippen LogP contribution in [0.25, 0.3) is 23.1 Å². The number of ether oxygens (including phenoxy) is 2. The number of hydrogen-bond donors (Lipinski definition) is 2. The summed E-state index contributed by atoms with van der Waals surface area (Å²) in [6.07, 6.45) is 10.1. The van der Waals surface area contributed by atoms with Crippen LogP contribution in [0.4, 0.5) is 8.78 Å². The highest BCUT2D eigenvalue weighted by Crippen LogP contribution is 2.30. The standard InChI is InChI=1S/C33H31F2NO6/c1-22(33(39)40)36-21-25(8-5-12-30(37)38)27-9-4-7-24(32(27)36)16-13-23-14-17-26(18-15-23)41-19-2-3-20-42-29-11-6-10-28(34)31(29)35/h2-4,6-7,9-11,13-18,21-22H,5,8,12,19-20H2,1H3,(H,37,38)(H,39,40)/b3-2+,16-13+. The highest BCUT2D eigenvalue weighted by atomic mass is 19.2. The first-order valence-corrected chi connectivity index (χ1v) is 13.4. The maximum atomic E-state index is 13.6. The third kappa shape index (κ3) is 7.63. The van der Waals surface area contributed by atoms with E-state index in [-0.39, 0.29) is 25.4 Å². The molecule has 0 fully saturated rings. The predicted molar refractivity (Wildman–Crippen MR) is 157 cm³/mol. The molecule has 1 heterocycles. The monoisotopic (exact) mass is 575 g/mol. The zero-order chi connectivity index (χ0) is 30.1. The van der Waals surface area contributed by atoms with Crippen LogP contribution < -0.4 is 9.47 Å². The molecular weight excluding hydrogens is 544 g/mol. The number of aromatic nitrogens is 1. The number of hydrogen-bond acceptors (Lipinski definition) is 4. The van der Waals surface area contributed by atoms with Gasteiger partial charge in [0.1, 0.15) is 25.0 Å². The van der Waals surface area contributed by atoms with Crippen molar-refractivity contribution in [2.45, 2.75) is 32.2 Å². The molecule has 218 valence electrons. The van der Waals surface area contributed by atoms with Crippen LogP contribution in [0.2, 0.25) is 0 Å². The maximum absolute atomic E-state index is 13.6. The van der Waals surface area contributed by atoms with Gasteiger partial charge in [0, 0.05) is 18.0 Å². The van der Waals surface area contributed by atoms with Gasteiger partial charge in [0.15, 0.2) is 11.6 Å². The summed E-state index contributed by atoms with van der Waals surface area (Å²) in [6, 6.07) is 16.1. The minimum atomic E-state index is -1.02. The molecule has 1 aromatic heterocycles. The molecule has 0 saturated heterocycles. The van der Waals surface area contributed by atoms with Gasteiger partial charge in [-0.2, -0.15) is 4.39 Å². The molecular formula is C33H31F2NO6. The Morgan fingerprint density at radius 1 is 0.929 bits per heavy atom. The molecule has 0 radical (unpaired) electrons. The molecule has 0 aliphatic heterocycles. The Balaban J connectivity index is 1.40. The lowest BCUT2D eigenvalue weighted by Crippen LogP contribution is -2.14. The Hall–Kier alpha value is -4.92. The lowest BCUT2D eigenvalue weighted by atomic mass is 10.0. The van der Waals surface area contributed by atoms with Gasteiger partial charge < -0.3 is 24.3 Å². The molecule has 4 rings (SSSR count). The Kier molecular flexibility index (Phi) is 10.1. The van der Waals surface area contributed by atoms with Crippen LogP contribution in [-0.2, 0) is 16.0 Å². The van der Waals surface area contributed by atoms with E-state index in [0.717, 1.165) is 33.7 Å². The summed E-state index contributed by atoms with van der Waals surface area (Å²) in [5.41, 5.74) is 3.45. The van der Waals surface area contributed by atoms with Crippen LogP contribution in [-0.4, -0.2) is 39.9 Å². The second-order valence-corrected chi connectivity index (χ2v) is 9.61. The summed E-state index contributed by atoms with van der Waals surface area (Å²) in [4.78, 5) is 22.8. The molecule has 2 N–H and O–H groups in total. The fourth-order valence-electron chi connectivity index (χ4n) is 4.47. The van der Waals surface area contributed by atoms with Gasteiger partial charge in [-0.3, -0.25) is 4.79 Å². The highest BCUT2D eigenvalue weighted by Gasteiger charge is 2.19. The number of halogens is 2. The molecule has 1 atom stereocenters. The summed E-state index contributed by atoms with van der Waals surface area (Å²) in [5.74, 6) is -3.31. The van der Waals surface area contributed by atoms with Crippen molar-refractivity contribution in [2.75, 3.05) is 13.2 Å². The van der Waals surface area contributed by atoms with E-state index in [1.54, 1.807) is 23.6 Å². The van der Waals surface area contributed by atoms with Gasteiger partial charge in [-0.05, 0) is 72.9 Å². The van der Waals surface area contributed by atoms with Crippen LogP contribution in [0, 0.1) is 11.6 Å². The lowest BCUT2D eigenvalue weighted by molar-refractivity contribution is -0.140. The van der Waals surface area contributed by atoms with Gasteiger partial charge in [0.25, 0.3) is 0 Å². The van der Waals surface area contributed by atoms with E-state index >= 15 is 0 Å². The van der Waals surface area contributed by atoms with Crippen LogP contribution in [0.1, 0.15) is 42.5 Å². The molecule has 7 nitrogen and oxygen atoms in total. The maximum Gasteiger partial charge on any atom is 0.326 e. The largest absolute Gasteiger partial charge is 0.490 e. The van der Waals surface area contributed by atoms with Crippen molar-refractivity contribution in [3.05, 3.63) is 107 Å². The number of aliphatic carboxylic acids is 2. The van der Waals surface area contributed by atoms with Gasteiger partial charge in [0.2, 0.25) is 5.82 Å². The second kappa shape index (κ2) is 14.1. The summed E-state index contributed by atoms with van der Waals surface area (Å²) in [6.45, 7) is 1.95. The van der Waals surface area contributed by atoms with E-state index in [1.807, 2.05) is 60.8 Å². The van der Waals surface area contributed by atoms with Crippen LogP contribution >= 0.6 is 0 Å². The van der Waals surface area contributed by atoms with E-state index in [1.165, 1.54) is 12.1 Å². The zero-order valence-corrected chi connectivity index (χ0v) is 23.0. The first-order valence-electron chi connectivity index (χ1n) is 13.4. The number of fused-ring (bicyclic) bond motifs is 1. The van der Waals surface area contributed by atoms with Crippen molar-refractivity contribution in [2.24, 2.45) is 0 Å². The third-order valence-corrected chi connectivity index (χ3v) is 6.68. The Labute approximate surface area is 241 Å². The van der Waals surface area contributed by atoms with Crippen molar-refractivity contribution < 1.29 is 38.1 Å². The van der Waals surface area contributed by atoms with E-state index < -0.39 is 29.6 Å². The lowest BCUT2D eigenvalue weighted by Gasteiger charge is -2.12. The van der Waals surface area contributed by atoms with Crippen LogP contribution in [0.15, 0.2) is 79.0 Å². The van der Waals surface area contributed by atoms with Crippen LogP contribution in [0.5, 0.6) is 11.5 Å². The molecule has 0 bridgehead atoms. The van der Waals surface area contributed by atoms with Crippen molar-refractivity contribution in [1.82, 2.24) is 4.57 Å². The Bertz CT molecular complexity index is 1610. The number of carbonyl (C=O) groups is 2. The average Bonchev–Trinajstić information content (AvgIpc) is 3.35. The number of carboxylic acids is 2. The number of para-hydroxylation sites is 1. The summed E-state index contributed by atoms with van der Waals surface area (Å²) < 4.78 is 39.5. The molecule has 42 heavy (non-hydrogen) atoms. The Morgan fingerprint density at radius 3 is 2.36 bits per heavy atom. The van der Waals surface area contributed by atoms with Crippen molar-refractivity contribution in [3.63, 3.8) is 0 Å². The quantitative estimate of drug-likeness (QED) is 0.122. The summed E-state index contributed by atoms with van der Waals surface area (Å²) in [7, 11) is 0. The first-order chi connectivity index (χ1) is 20.2. The minimum Gasteiger partial charge on any atom is -0.490 e. The smallest absolute Gasteiger partial charge is 0.326 e. The number of aryl methyl sites for hydroxylation is 1. The van der Waals surface area contributed by atoms with E-state index in [4.69, 9.17) is 14.6 Å². The second-order valence-electron chi connectivity index (χ2n) is 9.61. The molecule has 9 heteroatoms. The molecule has 1 unspecified atom stereocenters. The number of carboxylic acid groups (broad SMARTS) is 2.